The molecule has 0 unspecified atom stereocenters. The van der Waals surface area contributed by atoms with Crippen LogP contribution < -0.4 is 10.1 Å². The molecule has 0 radical (unpaired) electrons. The second kappa shape index (κ2) is 7.56. The van der Waals surface area contributed by atoms with Gasteiger partial charge in [-0.3, -0.25) is 0 Å². The molecule has 22 heavy (non-hydrogen) atoms. The van der Waals surface area contributed by atoms with Gasteiger partial charge in [0, 0.05) is 25.4 Å². The van der Waals surface area contributed by atoms with E-state index in [1.165, 1.54) is 0 Å². The molecular formula is C17H20N2O3. The van der Waals surface area contributed by atoms with Gasteiger partial charge in [-0.1, -0.05) is 18.2 Å². The number of carbonyl (C=O) groups is 1. The number of hydrogen-bond acceptors (Lipinski definition) is 4. The van der Waals surface area contributed by atoms with E-state index in [0.717, 1.165) is 11.1 Å². The van der Waals surface area contributed by atoms with E-state index in [-0.39, 0.29) is 6.10 Å². The fraction of sp³-hybridized carbons (Fsp3) is 0.294. The summed E-state index contributed by atoms with van der Waals surface area (Å²) < 4.78 is 5.49. The summed E-state index contributed by atoms with van der Waals surface area (Å²) in [6.07, 6.45) is 1.89. The molecule has 0 atom stereocenters. The van der Waals surface area contributed by atoms with Crippen LogP contribution in [0, 0.1) is 0 Å². The Balaban J connectivity index is 1.85. The number of benzene rings is 1. The molecule has 0 amide bonds. The Labute approximate surface area is 130 Å². The van der Waals surface area contributed by atoms with Crippen LogP contribution in [0.2, 0.25) is 0 Å². The average molecular weight is 300 g/mol. The Bertz CT molecular complexity index is 624. The Morgan fingerprint density at radius 2 is 2.00 bits per heavy atom. The zero-order chi connectivity index (χ0) is 15.9. The predicted octanol–water partition coefficient (Wildman–Crippen LogP) is 2.86. The third-order valence-electron chi connectivity index (χ3n) is 2.99. The monoisotopic (exact) mass is 300 g/mol. The summed E-state index contributed by atoms with van der Waals surface area (Å²) in [6, 6.07) is 10.7. The van der Waals surface area contributed by atoms with Crippen molar-refractivity contribution in [2.24, 2.45) is 0 Å². The van der Waals surface area contributed by atoms with Crippen molar-refractivity contribution in [2.45, 2.75) is 33.0 Å². The summed E-state index contributed by atoms with van der Waals surface area (Å²) in [5.41, 5.74) is 2.29. The van der Waals surface area contributed by atoms with Gasteiger partial charge in [0.25, 0.3) is 0 Å². The lowest BCUT2D eigenvalue weighted by molar-refractivity contribution is 0.0696. The number of rotatable bonds is 7. The first-order valence-corrected chi connectivity index (χ1v) is 7.19. The van der Waals surface area contributed by atoms with Crippen molar-refractivity contribution in [1.82, 2.24) is 10.3 Å². The smallest absolute Gasteiger partial charge is 0.335 e. The summed E-state index contributed by atoms with van der Waals surface area (Å²) in [4.78, 5) is 15.2. The first-order chi connectivity index (χ1) is 10.5. The van der Waals surface area contributed by atoms with Crippen LogP contribution in [-0.2, 0) is 13.1 Å². The highest BCUT2D eigenvalue weighted by molar-refractivity contribution is 5.87. The molecule has 0 saturated heterocycles. The number of carboxylic acids is 1. The van der Waals surface area contributed by atoms with Crippen molar-refractivity contribution >= 4 is 5.97 Å². The van der Waals surface area contributed by atoms with Gasteiger partial charge in [0.1, 0.15) is 0 Å². The second-order valence-corrected chi connectivity index (χ2v) is 5.28. The number of nitrogens with one attached hydrogen (secondary N) is 1. The van der Waals surface area contributed by atoms with Gasteiger partial charge < -0.3 is 15.2 Å². The van der Waals surface area contributed by atoms with Gasteiger partial charge in [-0.2, -0.15) is 0 Å². The molecule has 2 rings (SSSR count). The molecule has 0 fully saturated rings. The van der Waals surface area contributed by atoms with Gasteiger partial charge in [-0.05, 0) is 37.1 Å². The highest BCUT2D eigenvalue weighted by Crippen LogP contribution is 2.10. The molecule has 2 aromatic rings. The van der Waals surface area contributed by atoms with Gasteiger partial charge in [0.15, 0.2) is 0 Å². The molecule has 5 heteroatoms. The van der Waals surface area contributed by atoms with Crippen LogP contribution in [0.25, 0.3) is 0 Å². The molecule has 116 valence electrons. The van der Waals surface area contributed by atoms with Crippen molar-refractivity contribution < 1.29 is 14.6 Å². The van der Waals surface area contributed by atoms with Crippen molar-refractivity contribution in [2.75, 3.05) is 0 Å². The van der Waals surface area contributed by atoms with E-state index in [9.17, 15) is 4.79 Å². The molecule has 0 spiro atoms. The summed E-state index contributed by atoms with van der Waals surface area (Å²) in [5, 5.41) is 12.2. The Morgan fingerprint density at radius 1 is 1.23 bits per heavy atom. The lowest BCUT2D eigenvalue weighted by atomic mass is 10.1. The quantitative estimate of drug-likeness (QED) is 0.822. The van der Waals surface area contributed by atoms with Crippen LogP contribution in [0.5, 0.6) is 5.88 Å². The number of aromatic carboxylic acids is 1. The van der Waals surface area contributed by atoms with Gasteiger partial charge in [-0.25, -0.2) is 9.78 Å². The number of aromatic nitrogens is 1. The van der Waals surface area contributed by atoms with Crippen molar-refractivity contribution in [1.29, 1.82) is 0 Å². The van der Waals surface area contributed by atoms with Crippen molar-refractivity contribution in [3.63, 3.8) is 0 Å². The number of nitrogens with zero attached hydrogens (tertiary/aromatic N) is 1. The van der Waals surface area contributed by atoms with E-state index in [1.54, 1.807) is 24.4 Å². The molecule has 0 aliphatic carbocycles. The molecule has 5 nitrogen and oxygen atoms in total. The van der Waals surface area contributed by atoms with Gasteiger partial charge in [-0.15, -0.1) is 0 Å². The molecule has 1 aromatic carbocycles. The van der Waals surface area contributed by atoms with E-state index in [4.69, 9.17) is 9.84 Å². The van der Waals surface area contributed by atoms with E-state index >= 15 is 0 Å². The maximum absolute atomic E-state index is 10.9. The van der Waals surface area contributed by atoms with Crippen LogP contribution in [0.4, 0.5) is 0 Å². The topological polar surface area (TPSA) is 71.5 Å². The fourth-order valence-electron chi connectivity index (χ4n) is 1.99. The van der Waals surface area contributed by atoms with Gasteiger partial charge in [0.2, 0.25) is 5.88 Å². The molecule has 0 aliphatic heterocycles. The van der Waals surface area contributed by atoms with E-state index in [1.807, 2.05) is 32.0 Å². The average Bonchev–Trinajstić information content (AvgIpc) is 2.49. The van der Waals surface area contributed by atoms with Crippen LogP contribution >= 0.6 is 0 Å². The molecule has 0 aliphatic rings. The van der Waals surface area contributed by atoms with Crippen LogP contribution in [0.15, 0.2) is 42.6 Å². The number of ether oxygens (including phenoxy) is 1. The predicted molar refractivity (Wildman–Crippen MR) is 83.9 cm³/mol. The van der Waals surface area contributed by atoms with Crippen molar-refractivity contribution in [3.05, 3.63) is 59.3 Å². The fourth-order valence-corrected chi connectivity index (χ4v) is 1.99. The maximum Gasteiger partial charge on any atom is 0.335 e. The Morgan fingerprint density at radius 3 is 2.64 bits per heavy atom. The minimum atomic E-state index is -0.910. The lowest BCUT2D eigenvalue weighted by Gasteiger charge is -2.09. The standard InChI is InChI=1S/C17H20N2O3/c1-12(2)22-16-7-6-14(11-19-16)10-18-9-13-4-3-5-15(8-13)17(20)21/h3-8,11-12,18H,9-10H2,1-2H3,(H,20,21). The Kier molecular flexibility index (Phi) is 5.49. The number of hydrogen-bond donors (Lipinski definition) is 2. The largest absolute Gasteiger partial charge is 0.478 e. The molecule has 2 N–H and O–H groups in total. The normalized spacial score (nSPS) is 10.7. The molecule has 0 bridgehead atoms. The zero-order valence-corrected chi connectivity index (χ0v) is 12.7. The lowest BCUT2D eigenvalue weighted by Crippen LogP contribution is -2.13. The summed E-state index contributed by atoms with van der Waals surface area (Å²) in [5.74, 6) is -0.292. The molecule has 0 saturated carbocycles. The third kappa shape index (κ3) is 4.86. The number of pyridine rings is 1. The summed E-state index contributed by atoms with van der Waals surface area (Å²) in [7, 11) is 0. The summed E-state index contributed by atoms with van der Waals surface area (Å²) in [6.45, 7) is 5.18. The SMILES string of the molecule is CC(C)Oc1ccc(CNCc2cccc(C(=O)O)c2)cn1. The third-order valence-corrected chi connectivity index (χ3v) is 2.99. The van der Waals surface area contributed by atoms with Crippen LogP contribution in [0.3, 0.4) is 0 Å². The highest BCUT2D eigenvalue weighted by atomic mass is 16.5. The van der Waals surface area contributed by atoms with E-state index in [2.05, 4.69) is 10.3 Å². The second-order valence-electron chi connectivity index (χ2n) is 5.28. The first-order valence-electron chi connectivity index (χ1n) is 7.19. The first kappa shape index (κ1) is 16.0. The van der Waals surface area contributed by atoms with Gasteiger partial charge >= 0.3 is 5.97 Å². The minimum absolute atomic E-state index is 0.109. The molecule has 1 aromatic heterocycles. The molecular weight excluding hydrogens is 280 g/mol. The van der Waals surface area contributed by atoms with E-state index < -0.39 is 5.97 Å². The summed E-state index contributed by atoms with van der Waals surface area (Å²) >= 11 is 0. The number of carboxylic acid groups (broad SMARTS) is 1. The molecule has 1 heterocycles. The minimum Gasteiger partial charge on any atom is -0.478 e. The van der Waals surface area contributed by atoms with Gasteiger partial charge in [0.05, 0.1) is 11.7 Å². The highest BCUT2D eigenvalue weighted by Gasteiger charge is 2.03. The van der Waals surface area contributed by atoms with Crippen molar-refractivity contribution in [3.8, 4) is 5.88 Å². The Hall–Kier alpha value is -2.40. The zero-order valence-electron chi connectivity index (χ0n) is 12.7. The van der Waals surface area contributed by atoms with Crippen LogP contribution in [0.1, 0.15) is 35.3 Å². The van der Waals surface area contributed by atoms with Crippen LogP contribution in [-0.4, -0.2) is 22.2 Å². The maximum atomic E-state index is 10.9. The van der Waals surface area contributed by atoms with E-state index in [0.29, 0.717) is 24.5 Å².